The molecule has 0 amide bonds. The molecule has 0 fully saturated rings. The number of para-hydroxylation sites is 4. The van der Waals surface area contributed by atoms with Crippen molar-refractivity contribution in [2.24, 2.45) is 0 Å². The first kappa shape index (κ1) is 35.5. The lowest BCUT2D eigenvalue weighted by Crippen LogP contribution is -2.28. The van der Waals surface area contributed by atoms with Crippen LogP contribution >= 0.6 is 0 Å². The van der Waals surface area contributed by atoms with Gasteiger partial charge >= 0.3 is 0 Å². The fourth-order valence-electron chi connectivity index (χ4n) is 11.0. The molecule has 10 aromatic carbocycles. The molecule has 0 bridgehead atoms. The molecule has 2 aromatic heterocycles. The maximum absolute atomic E-state index is 2.51. The Bertz CT molecular complexity index is 3670. The van der Waals surface area contributed by atoms with E-state index in [1.807, 2.05) is 0 Å². The Labute approximate surface area is 366 Å². The van der Waals surface area contributed by atoms with Gasteiger partial charge in [0, 0.05) is 32.9 Å². The van der Waals surface area contributed by atoms with Crippen molar-refractivity contribution in [3.63, 3.8) is 0 Å². The molecule has 1 aliphatic carbocycles. The van der Waals surface area contributed by atoms with Gasteiger partial charge in [-0.15, -0.1) is 0 Å². The third-order valence-electron chi connectivity index (χ3n) is 13.6. The Morgan fingerprint density at radius 3 is 1.29 bits per heavy atom. The zero-order valence-electron chi connectivity index (χ0n) is 34.5. The first-order valence-electron chi connectivity index (χ1n) is 21.8. The summed E-state index contributed by atoms with van der Waals surface area (Å²) >= 11 is 0. The summed E-state index contributed by atoms with van der Waals surface area (Å²) in [6, 6.07) is 89.7. The zero-order valence-corrected chi connectivity index (χ0v) is 34.5. The molecule has 0 spiro atoms. The number of hydrogen-bond acceptors (Lipinski definition) is 0. The van der Waals surface area contributed by atoms with Gasteiger partial charge in [0.15, 0.2) is 0 Å². The summed E-state index contributed by atoms with van der Waals surface area (Å²) in [5.74, 6) is 0. The minimum Gasteiger partial charge on any atom is -0.309 e. The van der Waals surface area contributed by atoms with Crippen molar-refractivity contribution in [2.75, 3.05) is 0 Å². The van der Waals surface area contributed by atoms with Crippen LogP contribution in [0, 0.1) is 0 Å². The highest BCUT2D eigenvalue weighted by molar-refractivity contribution is 6.12. The van der Waals surface area contributed by atoms with E-state index in [-0.39, 0.29) is 0 Å². The second-order valence-electron chi connectivity index (χ2n) is 16.8. The Morgan fingerprint density at radius 2 is 0.714 bits per heavy atom. The molecule has 0 radical (unpaired) electrons. The first-order chi connectivity index (χ1) is 31.3. The molecule has 63 heavy (non-hydrogen) atoms. The van der Waals surface area contributed by atoms with Crippen molar-refractivity contribution in [1.29, 1.82) is 0 Å². The van der Waals surface area contributed by atoms with E-state index in [9.17, 15) is 0 Å². The maximum Gasteiger partial charge on any atom is 0.0714 e. The normalized spacial score (nSPS) is 12.9. The predicted octanol–water partition coefficient (Wildman–Crippen LogP) is 15.6. The van der Waals surface area contributed by atoms with Gasteiger partial charge in [-0.25, -0.2) is 0 Å². The number of benzene rings is 10. The highest BCUT2D eigenvalue weighted by atomic mass is 15.0. The van der Waals surface area contributed by atoms with Crippen molar-refractivity contribution in [3.05, 3.63) is 265 Å². The van der Waals surface area contributed by atoms with Crippen LogP contribution in [0.15, 0.2) is 243 Å². The number of fused-ring (bicyclic) bond motifs is 9. The Kier molecular flexibility index (Phi) is 7.85. The predicted molar refractivity (Wildman–Crippen MR) is 263 cm³/mol. The second kappa shape index (κ2) is 13.9. The molecule has 2 nitrogen and oxygen atoms in total. The number of aromatic nitrogens is 2. The van der Waals surface area contributed by atoms with Crippen LogP contribution in [-0.4, -0.2) is 9.13 Å². The third kappa shape index (κ3) is 5.19. The van der Waals surface area contributed by atoms with E-state index in [1.54, 1.807) is 0 Å². The van der Waals surface area contributed by atoms with Crippen molar-refractivity contribution in [2.45, 2.75) is 5.41 Å². The van der Waals surface area contributed by atoms with Gasteiger partial charge in [-0.1, -0.05) is 170 Å². The molecule has 2 heteroatoms. The minimum absolute atomic E-state index is 0.555. The van der Waals surface area contributed by atoms with Crippen molar-refractivity contribution >= 4 is 43.6 Å². The largest absolute Gasteiger partial charge is 0.309 e. The van der Waals surface area contributed by atoms with Gasteiger partial charge in [-0.3, -0.25) is 0 Å². The molecule has 0 atom stereocenters. The summed E-state index contributed by atoms with van der Waals surface area (Å²) < 4.78 is 4.80. The number of hydrogen-bond donors (Lipinski definition) is 0. The lowest BCUT2D eigenvalue weighted by atomic mass is 9.67. The SMILES string of the molecule is c1ccc(-n2c3ccccc3c3cc(-c4cc(-c5ccc6c(c5)c5ccccc5n6-c5ccccc5)c5c(c4)C(c4ccccc4)(c4ccccc4)c4ccccc4-5)ccc32)cc1. The maximum atomic E-state index is 2.51. The molecule has 0 saturated heterocycles. The van der Waals surface area contributed by atoms with Crippen LogP contribution in [0.1, 0.15) is 22.3 Å². The van der Waals surface area contributed by atoms with Crippen LogP contribution in [0.2, 0.25) is 0 Å². The average molecular weight is 801 g/mol. The molecule has 0 aliphatic heterocycles. The van der Waals surface area contributed by atoms with Crippen LogP contribution in [0.3, 0.4) is 0 Å². The van der Waals surface area contributed by atoms with E-state index in [4.69, 9.17) is 0 Å². The molecule has 1 aliphatic rings. The van der Waals surface area contributed by atoms with Gasteiger partial charge in [-0.2, -0.15) is 0 Å². The van der Waals surface area contributed by atoms with Crippen LogP contribution in [0.4, 0.5) is 0 Å². The Hall–Kier alpha value is -8.20. The van der Waals surface area contributed by atoms with Gasteiger partial charge < -0.3 is 9.13 Å². The Balaban J connectivity index is 1.14. The standard InChI is InChI=1S/C61H40N2/c1-5-19-44(20-6-1)61(45-21-7-2-8-22-45)54-30-16-13-29-50(54)60-51(42-34-36-59-53(38-42)49-28-15-18-32-57(49)63(59)47-25-11-4-12-26-47)39-43(40-55(60)61)41-33-35-58-52(37-41)48-27-14-17-31-56(48)62(58)46-23-9-3-10-24-46/h1-40H. The smallest absolute Gasteiger partial charge is 0.0714 e. The molecule has 13 rings (SSSR count). The highest BCUT2D eigenvalue weighted by Gasteiger charge is 2.47. The Morgan fingerprint density at radius 1 is 0.270 bits per heavy atom. The summed E-state index contributed by atoms with van der Waals surface area (Å²) in [5, 5.41) is 4.97. The zero-order chi connectivity index (χ0) is 41.5. The second-order valence-corrected chi connectivity index (χ2v) is 16.8. The van der Waals surface area contributed by atoms with Gasteiger partial charge in [-0.05, 0) is 128 Å². The van der Waals surface area contributed by atoms with E-state index in [0.717, 1.165) is 11.4 Å². The lowest BCUT2D eigenvalue weighted by molar-refractivity contribution is 0.769. The topological polar surface area (TPSA) is 9.86 Å². The van der Waals surface area contributed by atoms with Crippen molar-refractivity contribution < 1.29 is 0 Å². The fraction of sp³-hybridized carbons (Fsp3) is 0.0164. The number of nitrogens with zero attached hydrogens (tertiary/aromatic N) is 2. The summed E-state index contributed by atoms with van der Waals surface area (Å²) in [7, 11) is 0. The number of rotatable bonds is 6. The van der Waals surface area contributed by atoms with E-state index in [1.165, 1.54) is 99.2 Å². The average Bonchev–Trinajstić information content (AvgIpc) is 3.98. The van der Waals surface area contributed by atoms with E-state index in [0.29, 0.717) is 0 Å². The van der Waals surface area contributed by atoms with Gasteiger partial charge in [0.05, 0.1) is 27.5 Å². The lowest BCUT2D eigenvalue weighted by Gasteiger charge is -2.34. The summed E-state index contributed by atoms with van der Waals surface area (Å²) in [6.07, 6.45) is 0. The molecule has 12 aromatic rings. The van der Waals surface area contributed by atoms with Crippen molar-refractivity contribution in [1.82, 2.24) is 9.13 Å². The third-order valence-corrected chi connectivity index (χ3v) is 13.6. The van der Waals surface area contributed by atoms with E-state index < -0.39 is 5.41 Å². The van der Waals surface area contributed by atoms with Crippen LogP contribution in [0.25, 0.3) is 88.4 Å². The summed E-state index contributed by atoms with van der Waals surface area (Å²) in [4.78, 5) is 0. The summed E-state index contributed by atoms with van der Waals surface area (Å²) in [5.41, 5.74) is 19.1. The monoisotopic (exact) mass is 800 g/mol. The molecular weight excluding hydrogens is 761 g/mol. The molecule has 0 saturated carbocycles. The van der Waals surface area contributed by atoms with Crippen LogP contribution in [-0.2, 0) is 5.41 Å². The molecule has 294 valence electrons. The first-order valence-corrected chi connectivity index (χ1v) is 21.8. The summed E-state index contributed by atoms with van der Waals surface area (Å²) in [6.45, 7) is 0. The van der Waals surface area contributed by atoms with Crippen LogP contribution < -0.4 is 0 Å². The molecular formula is C61H40N2. The molecule has 2 heterocycles. The fourth-order valence-corrected chi connectivity index (χ4v) is 11.0. The van der Waals surface area contributed by atoms with Crippen LogP contribution in [0.5, 0.6) is 0 Å². The minimum atomic E-state index is -0.555. The van der Waals surface area contributed by atoms with E-state index in [2.05, 4.69) is 252 Å². The van der Waals surface area contributed by atoms with E-state index >= 15 is 0 Å². The van der Waals surface area contributed by atoms with Gasteiger partial charge in [0.2, 0.25) is 0 Å². The quantitative estimate of drug-likeness (QED) is 0.159. The van der Waals surface area contributed by atoms with Crippen molar-refractivity contribution in [3.8, 4) is 44.8 Å². The molecule has 0 unspecified atom stereocenters. The van der Waals surface area contributed by atoms with Gasteiger partial charge in [0.25, 0.3) is 0 Å². The molecule has 0 N–H and O–H groups in total. The highest BCUT2D eigenvalue weighted by Crippen LogP contribution is 2.59. The van der Waals surface area contributed by atoms with Gasteiger partial charge in [0.1, 0.15) is 0 Å².